The van der Waals surface area contributed by atoms with E-state index in [1.54, 1.807) is 0 Å². The number of nitrogens with zero attached hydrogens (tertiary/aromatic N) is 1. The first kappa shape index (κ1) is 13.4. The Hall–Kier alpha value is -0.540. The van der Waals surface area contributed by atoms with Crippen LogP contribution in [0.5, 0.6) is 0 Å². The van der Waals surface area contributed by atoms with E-state index in [-0.39, 0.29) is 6.04 Å². The van der Waals surface area contributed by atoms with Gasteiger partial charge in [0.05, 0.1) is 0 Å². The van der Waals surface area contributed by atoms with E-state index in [2.05, 4.69) is 39.0 Å². The molecule has 1 saturated carbocycles. The fourth-order valence-corrected chi connectivity index (χ4v) is 4.52. The summed E-state index contributed by atoms with van der Waals surface area (Å²) in [4.78, 5) is 2.62. The summed E-state index contributed by atoms with van der Waals surface area (Å²) in [6, 6.07) is 7.56. The van der Waals surface area contributed by atoms with Crippen LogP contribution < -0.4 is 10.6 Å². The molecular formula is C16H23BrN2. The first-order valence-electron chi connectivity index (χ1n) is 7.48. The zero-order chi connectivity index (χ0) is 13.4. The first-order chi connectivity index (χ1) is 9.16. The molecule has 3 heteroatoms. The molecule has 1 saturated heterocycles. The number of hydrogen-bond acceptors (Lipinski definition) is 2. The van der Waals surface area contributed by atoms with Gasteiger partial charge in [0.2, 0.25) is 0 Å². The third kappa shape index (κ3) is 2.55. The van der Waals surface area contributed by atoms with Crippen molar-refractivity contribution in [1.29, 1.82) is 0 Å². The SMILES string of the molecule is C[C@H](N)c1ccc(N2CCC3CCCCC32)cc1Br. The lowest BCUT2D eigenvalue weighted by Crippen LogP contribution is -2.34. The maximum Gasteiger partial charge on any atom is 0.0380 e. The summed E-state index contributed by atoms with van der Waals surface area (Å²) in [6.07, 6.45) is 7.01. The van der Waals surface area contributed by atoms with Crippen molar-refractivity contribution in [3.63, 3.8) is 0 Å². The fraction of sp³-hybridized carbons (Fsp3) is 0.625. The van der Waals surface area contributed by atoms with Crippen molar-refractivity contribution in [1.82, 2.24) is 0 Å². The molecule has 3 rings (SSSR count). The second-order valence-electron chi connectivity index (χ2n) is 6.09. The maximum absolute atomic E-state index is 5.98. The van der Waals surface area contributed by atoms with E-state index in [4.69, 9.17) is 5.73 Å². The van der Waals surface area contributed by atoms with E-state index in [0.717, 1.165) is 16.4 Å². The molecule has 19 heavy (non-hydrogen) atoms. The highest BCUT2D eigenvalue weighted by molar-refractivity contribution is 9.10. The van der Waals surface area contributed by atoms with Crippen LogP contribution in [0.2, 0.25) is 0 Å². The Balaban J connectivity index is 1.84. The molecule has 1 heterocycles. The van der Waals surface area contributed by atoms with Crippen LogP contribution in [0.4, 0.5) is 5.69 Å². The Kier molecular flexibility index (Phi) is 3.86. The third-order valence-corrected chi connectivity index (χ3v) is 5.50. The summed E-state index contributed by atoms with van der Waals surface area (Å²) in [5.41, 5.74) is 8.54. The molecule has 0 amide bonds. The van der Waals surface area contributed by atoms with E-state index in [0.29, 0.717) is 0 Å². The molecule has 2 nitrogen and oxygen atoms in total. The maximum atomic E-state index is 5.98. The Bertz CT molecular complexity index is 458. The summed E-state index contributed by atoms with van der Waals surface area (Å²) in [7, 11) is 0. The number of benzene rings is 1. The second kappa shape index (κ2) is 5.45. The van der Waals surface area contributed by atoms with Crippen LogP contribution in [0.3, 0.4) is 0 Å². The molecule has 2 fully saturated rings. The van der Waals surface area contributed by atoms with E-state index in [9.17, 15) is 0 Å². The molecule has 1 aromatic carbocycles. The minimum atomic E-state index is 0.0874. The van der Waals surface area contributed by atoms with Crippen LogP contribution in [-0.4, -0.2) is 12.6 Å². The number of halogens is 1. The van der Waals surface area contributed by atoms with Gasteiger partial charge in [-0.3, -0.25) is 0 Å². The minimum Gasteiger partial charge on any atom is -0.368 e. The van der Waals surface area contributed by atoms with E-state index in [1.165, 1.54) is 49.9 Å². The number of anilines is 1. The summed E-state index contributed by atoms with van der Waals surface area (Å²) < 4.78 is 1.15. The van der Waals surface area contributed by atoms with Gasteiger partial charge in [-0.15, -0.1) is 0 Å². The number of fused-ring (bicyclic) bond motifs is 1. The molecule has 2 unspecified atom stereocenters. The lowest BCUT2D eigenvalue weighted by atomic mass is 9.85. The minimum absolute atomic E-state index is 0.0874. The van der Waals surface area contributed by atoms with Gasteiger partial charge in [0.25, 0.3) is 0 Å². The van der Waals surface area contributed by atoms with Gasteiger partial charge < -0.3 is 10.6 Å². The van der Waals surface area contributed by atoms with Crippen molar-refractivity contribution < 1.29 is 0 Å². The predicted molar refractivity (Wildman–Crippen MR) is 84.5 cm³/mol. The van der Waals surface area contributed by atoms with Gasteiger partial charge in [0.15, 0.2) is 0 Å². The molecule has 0 spiro atoms. The highest BCUT2D eigenvalue weighted by Crippen LogP contribution is 2.40. The standard InChI is InChI=1S/C16H23BrN2/c1-11(18)14-7-6-13(10-15(14)17)19-9-8-12-4-2-3-5-16(12)19/h6-7,10-12,16H,2-5,8-9,18H2,1H3/t11-,12?,16?/m0/s1. The summed E-state index contributed by atoms with van der Waals surface area (Å²) in [6.45, 7) is 3.26. The monoisotopic (exact) mass is 322 g/mol. The number of rotatable bonds is 2. The highest BCUT2D eigenvalue weighted by Gasteiger charge is 2.35. The van der Waals surface area contributed by atoms with Crippen LogP contribution in [0.1, 0.15) is 50.6 Å². The largest absolute Gasteiger partial charge is 0.368 e. The Morgan fingerprint density at radius 2 is 2.05 bits per heavy atom. The molecule has 0 radical (unpaired) electrons. The molecule has 1 aliphatic heterocycles. The van der Waals surface area contributed by atoms with Crippen molar-refractivity contribution in [2.45, 2.75) is 51.1 Å². The van der Waals surface area contributed by atoms with Crippen molar-refractivity contribution in [2.24, 2.45) is 11.7 Å². The molecule has 0 bridgehead atoms. The molecule has 3 atom stereocenters. The van der Waals surface area contributed by atoms with Crippen LogP contribution >= 0.6 is 15.9 Å². The van der Waals surface area contributed by atoms with Crippen LogP contribution in [-0.2, 0) is 0 Å². The average Bonchev–Trinajstić information content (AvgIpc) is 2.82. The summed E-state index contributed by atoms with van der Waals surface area (Å²) in [5.74, 6) is 0.931. The van der Waals surface area contributed by atoms with Gasteiger partial charge in [0.1, 0.15) is 0 Å². The highest BCUT2D eigenvalue weighted by atomic mass is 79.9. The summed E-state index contributed by atoms with van der Waals surface area (Å²) >= 11 is 3.68. The molecule has 1 aliphatic carbocycles. The van der Waals surface area contributed by atoms with Gasteiger partial charge in [-0.2, -0.15) is 0 Å². The van der Waals surface area contributed by atoms with Crippen LogP contribution in [0.15, 0.2) is 22.7 Å². The van der Waals surface area contributed by atoms with Crippen LogP contribution in [0.25, 0.3) is 0 Å². The fourth-order valence-electron chi connectivity index (χ4n) is 3.79. The van der Waals surface area contributed by atoms with Crippen molar-refractivity contribution in [3.8, 4) is 0 Å². The van der Waals surface area contributed by atoms with Gasteiger partial charge in [-0.1, -0.05) is 34.8 Å². The Labute approximate surface area is 124 Å². The van der Waals surface area contributed by atoms with Gasteiger partial charge in [-0.05, 0) is 49.8 Å². The van der Waals surface area contributed by atoms with Crippen LogP contribution in [0, 0.1) is 5.92 Å². The quantitative estimate of drug-likeness (QED) is 0.882. The third-order valence-electron chi connectivity index (χ3n) is 4.82. The average molecular weight is 323 g/mol. The van der Waals surface area contributed by atoms with Gasteiger partial charge in [-0.25, -0.2) is 0 Å². The first-order valence-corrected chi connectivity index (χ1v) is 8.28. The topological polar surface area (TPSA) is 29.3 Å². The zero-order valence-corrected chi connectivity index (χ0v) is 13.2. The number of nitrogens with two attached hydrogens (primary N) is 1. The van der Waals surface area contributed by atoms with E-state index in [1.807, 2.05) is 6.92 Å². The number of hydrogen-bond donors (Lipinski definition) is 1. The lowest BCUT2D eigenvalue weighted by Gasteiger charge is -2.33. The Morgan fingerprint density at radius 1 is 1.26 bits per heavy atom. The van der Waals surface area contributed by atoms with Crippen molar-refractivity contribution >= 4 is 21.6 Å². The van der Waals surface area contributed by atoms with Gasteiger partial charge in [0, 0.05) is 28.8 Å². The van der Waals surface area contributed by atoms with Gasteiger partial charge >= 0.3 is 0 Å². The second-order valence-corrected chi connectivity index (χ2v) is 6.94. The van der Waals surface area contributed by atoms with E-state index < -0.39 is 0 Å². The molecular weight excluding hydrogens is 300 g/mol. The summed E-state index contributed by atoms with van der Waals surface area (Å²) in [5, 5.41) is 0. The Morgan fingerprint density at radius 3 is 2.79 bits per heavy atom. The van der Waals surface area contributed by atoms with E-state index >= 15 is 0 Å². The smallest absolute Gasteiger partial charge is 0.0380 e. The predicted octanol–water partition coefficient (Wildman–Crippen LogP) is 4.24. The normalized spacial score (nSPS) is 28.3. The van der Waals surface area contributed by atoms with Crippen molar-refractivity contribution in [3.05, 3.63) is 28.2 Å². The molecule has 104 valence electrons. The molecule has 2 aliphatic rings. The molecule has 0 aromatic heterocycles. The lowest BCUT2D eigenvalue weighted by molar-refractivity contribution is 0.342. The zero-order valence-electron chi connectivity index (χ0n) is 11.6. The van der Waals surface area contributed by atoms with Crippen molar-refractivity contribution in [2.75, 3.05) is 11.4 Å². The molecule has 1 aromatic rings. The molecule has 2 N–H and O–H groups in total.